The number of aliphatic hydroxyl groups is 1. The molecule has 0 saturated heterocycles. The van der Waals surface area contributed by atoms with Crippen LogP contribution in [0.1, 0.15) is 32.2 Å². The fourth-order valence-electron chi connectivity index (χ4n) is 1.13. The van der Waals surface area contributed by atoms with E-state index in [-0.39, 0.29) is 11.5 Å². The molecule has 0 aromatic carbocycles. The molecule has 0 fully saturated rings. The Morgan fingerprint density at radius 1 is 1.36 bits per heavy atom. The second-order valence-corrected chi connectivity index (χ2v) is 4.74. The van der Waals surface area contributed by atoms with E-state index in [1.54, 1.807) is 6.33 Å². The van der Waals surface area contributed by atoms with E-state index in [0.29, 0.717) is 6.42 Å². The maximum Gasteiger partial charge on any atom is 0.115 e. The molecule has 14 heavy (non-hydrogen) atoms. The molecule has 0 amide bonds. The van der Waals surface area contributed by atoms with Gasteiger partial charge in [0.1, 0.15) is 6.33 Å². The molecule has 1 aromatic rings. The smallest absolute Gasteiger partial charge is 0.115 e. The van der Waals surface area contributed by atoms with Crippen molar-refractivity contribution in [3.05, 3.63) is 23.8 Å². The minimum absolute atomic E-state index is 0.0984. The minimum Gasteiger partial charge on any atom is -0.392 e. The van der Waals surface area contributed by atoms with Gasteiger partial charge in [0.2, 0.25) is 0 Å². The van der Waals surface area contributed by atoms with Gasteiger partial charge in [0, 0.05) is 17.8 Å². The molecule has 1 atom stereocenters. The molecule has 0 aliphatic carbocycles. The SMILES string of the molecule is Cc1cc(CC(O)C(C)(C)C)ncn1. The number of aromatic nitrogens is 2. The number of nitrogens with zero attached hydrogens (tertiary/aromatic N) is 2. The van der Waals surface area contributed by atoms with Crippen LogP contribution in [0.2, 0.25) is 0 Å². The predicted octanol–water partition coefficient (Wildman–Crippen LogP) is 1.73. The predicted molar refractivity (Wildman–Crippen MR) is 55.9 cm³/mol. The lowest BCUT2D eigenvalue weighted by Crippen LogP contribution is -2.28. The monoisotopic (exact) mass is 194 g/mol. The Bertz CT molecular complexity index is 304. The number of rotatable bonds is 2. The first-order chi connectivity index (χ1) is 6.39. The molecule has 0 bridgehead atoms. The van der Waals surface area contributed by atoms with Gasteiger partial charge in [-0.2, -0.15) is 0 Å². The van der Waals surface area contributed by atoms with Crippen LogP contribution in [0, 0.1) is 12.3 Å². The summed E-state index contributed by atoms with van der Waals surface area (Å²) in [6.45, 7) is 7.98. The summed E-state index contributed by atoms with van der Waals surface area (Å²) in [6.07, 6.45) is 1.77. The Balaban J connectivity index is 2.70. The summed E-state index contributed by atoms with van der Waals surface area (Å²) < 4.78 is 0. The van der Waals surface area contributed by atoms with E-state index in [1.807, 2.05) is 33.8 Å². The van der Waals surface area contributed by atoms with E-state index in [9.17, 15) is 5.11 Å². The highest BCUT2D eigenvalue weighted by molar-refractivity contribution is 5.07. The summed E-state index contributed by atoms with van der Waals surface area (Å²) in [4.78, 5) is 8.14. The average Bonchev–Trinajstić information content (AvgIpc) is 2.02. The van der Waals surface area contributed by atoms with Crippen molar-refractivity contribution in [3.8, 4) is 0 Å². The van der Waals surface area contributed by atoms with Gasteiger partial charge in [-0.15, -0.1) is 0 Å². The minimum atomic E-state index is -0.364. The van der Waals surface area contributed by atoms with E-state index >= 15 is 0 Å². The van der Waals surface area contributed by atoms with Gasteiger partial charge < -0.3 is 5.11 Å². The van der Waals surface area contributed by atoms with Crippen LogP contribution >= 0.6 is 0 Å². The molecular formula is C11H18N2O. The van der Waals surface area contributed by atoms with Crippen molar-refractivity contribution in [2.24, 2.45) is 5.41 Å². The van der Waals surface area contributed by atoms with Crippen molar-refractivity contribution in [1.82, 2.24) is 9.97 Å². The van der Waals surface area contributed by atoms with Gasteiger partial charge in [-0.3, -0.25) is 0 Å². The van der Waals surface area contributed by atoms with Gasteiger partial charge in [0.05, 0.1) is 6.10 Å². The van der Waals surface area contributed by atoms with Crippen molar-refractivity contribution in [1.29, 1.82) is 0 Å². The van der Waals surface area contributed by atoms with E-state index in [1.165, 1.54) is 0 Å². The number of aryl methyl sites for hydroxylation is 1. The van der Waals surface area contributed by atoms with Crippen LogP contribution in [0.25, 0.3) is 0 Å². The van der Waals surface area contributed by atoms with Crippen molar-refractivity contribution in [2.75, 3.05) is 0 Å². The molecule has 0 saturated carbocycles. The van der Waals surface area contributed by atoms with Crippen molar-refractivity contribution >= 4 is 0 Å². The molecule has 1 aromatic heterocycles. The number of hydrogen-bond donors (Lipinski definition) is 1. The first-order valence-corrected chi connectivity index (χ1v) is 4.85. The van der Waals surface area contributed by atoms with Gasteiger partial charge in [-0.05, 0) is 18.4 Å². The summed E-state index contributed by atoms with van der Waals surface area (Å²) in [5.41, 5.74) is 1.75. The molecule has 1 unspecified atom stereocenters. The fourth-order valence-corrected chi connectivity index (χ4v) is 1.13. The Labute approximate surface area is 85.2 Å². The molecule has 1 heterocycles. The fraction of sp³-hybridized carbons (Fsp3) is 0.636. The van der Waals surface area contributed by atoms with E-state index in [2.05, 4.69) is 9.97 Å². The van der Waals surface area contributed by atoms with Crippen LogP contribution in [-0.2, 0) is 6.42 Å². The first-order valence-electron chi connectivity index (χ1n) is 4.85. The molecule has 3 nitrogen and oxygen atoms in total. The van der Waals surface area contributed by atoms with Crippen LogP contribution in [-0.4, -0.2) is 21.2 Å². The van der Waals surface area contributed by atoms with Crippen LogP contribution in [0.3, 0.4) is 0 Å². The van der Waals surface area contributed by atoms with E-state index in [4.69, 9.17) is 0 Å². The van der Waals surface area contributed by atoms with Crippen LogP contribution in [0.15, 0.2) is 12.4 Å². The maximum atomic E-state index is 9.87. The van der Waals surface area contributed by atoms with E-state index in [0.717, 1.165) is 11.4 Å². The lowest BCUT2D eigenvalue weighted by atomic mass is 9.86. The Hall–Kier alpha value is -0.960. The van der Waals surface area contributed by atoms with Crippen molar-refractivity contribution in [2.45, 2.75) is 40.2 Å². The highest BCUT2D eigenvalue weighted by atomic mass is 16.3. The lowest BCUT2D eigenvalue weighted by molar-refractivity contribution is 0.0627. The lowest BCUT2D eigenvalue weighted by Gasteiger charge is -2.25. The maximum absolute atomic E-state index is 9.87. The third kappa shape index (κ3) is 3.07. The van der Waals surface area contributed by atoms with Crippen LogP contribution in [0.4, 0.5) is 0 Å². The Morgan fingerprint density at radius 2 is 2.00 bits per heavy atom. The second-order valence-electron chi connectivity index (χ2n) is 4.74. The molecule has 1 N–H and O–H groups in total. The molecule has 0 aliphatic heterocycles. The topological polar surface area (TPSA) is 46.0 Å². The van der Waals surface area contributed by atoms with Gasteiger partial charge in [-0.25, -0.2) is 9.97 Å². The quantitative estimate of drug-likeness (QED) is 0.780. The standard InChI is InChI=1S/C11H18N2O/c1-8-5-9(13-7-12-8)6-10(14)11(2,3)4/h5,7,10,14H,6H2,1-4H3. The molecule has 0 radical (unpaired) electrons. The van der Waals surface area contributed by atoms with Crippen molar-refractivity contribution < 1.29 is 5.11 Å². The summed E-state index contributed by atoms with van der Waals surface area (Å²) in [6, 6.07) is 1.91. The van der Waals surface area contributed by atoms with Crippen molar-refractivity contribution in [3.63, 3.8) is 0 Å². The van der Waals surface area contributed by atoms with E-state index < -0.39 is 0 Å². The Kier molecular flexibility index (Phi) is 3.21. The normalized spacial score (nSPS) is 14.1. The summed E-state index contributed by atoms with van der Waals surface area (Å²) in [5, 5.41) is 9.87. The summed E-state index contributed by atoms with van der Waals surface area (Å²) in [7, 11) is 0. The zero-order valence-corrected chi connectivity index (χ0v) is 9.28. The third-order valence-electron chi connectivity index (χ3n) is 2.26. The van der Waals surface area contributed by atoms with Gasteiger partial charge in [-0.1, -0.05) is 20.8 Å². The largest absolute Gasteiger partial charge is 0.392 e. The molecular weight excluding hydrogens is 176 g/mol. The highest BCUT2D eigenvalue weighted by Gasteiger charge is 2.22. The number of hydrogen-bond acceptors (Lipinski definition) is 3. The summed E-state index contributed by atoms with van der Waals surface area (Å²) >= 11 is 0. The van der Waals surface area contributed by atoms with Crippen LogP contribution < -0.4 is 0 Å². The third-order valence-corrected chi connectivity index (χ3v) is 2.26. The van der Waals surface area contributed by atoms with Gasteiger partial charge in [0.25, 0.3) is 0 Å². The van der Waals surface area contributed by atoms with Crippen LogP contribution in [0.5, 0.6) is 0 Å². The molecule has 78 valence electrons. The zero-order valence-electron chi connectivity index (χ0n) is 9.28. The molecule has 0 aliphatic rings. The molecule has 3 heteroatoms. The van der Waals surface area contributed by atoms with Gasteiger partial charge in [0.15, 0.2) is 0 Å². The Morgan fingerprint density at radius 3 is 2.50 bits per heavy atom. The average molecular weight is 194 g/mol. The molecule has 0 spiro atoms. The summed E-state index contributed by atoms with van der Waals surface area (Å²) in [5.74, 6) is 0. The first kappa shape index (κ1) is 11.1. The molecule has 1 rings (SSSR count). The van der Waals surface area contributed by atoms with Gasteiger partial charge >= 0.3 is 0 Å². The highest BCUT2D eigenvalue weighted by Crippen LogP contribution is 2.21. The second kappa shape index (κ2) is 4.05. The zero-order chi connectivity index (χ0) is 10.8. The number of aliphatic hydroxyl groups excluding tert-OH is 1.